The van der Waals surface area contributed by atoms with Crippen LogP contribution in [-0.2, 0) is 14.3 Å². The molecule has 0 fully saturated rings. The molecule has 0 radical (unpaired) electrons. The molecule has 1 aromatic carbocycles. The van der Waals surface area contributed by atoms with E-state index >= 15 is 0 Å². The summed E-state index contributed by atoms with van der Waals surface area (Å²) in [5.41, 5.74) is 5.16. The van der Waals surface area contributed by atoms with Crippen LogP contribution < -0.4 is 11.1 Å². The van der Waals surface area contributed by atoms with E-state index in [2.05, 4.69) is 11.1 Å². The molecule has 0 saturated carbocycles. The smallest absolute Gasteiger partial charge is 0.218 e. The van der Waals surface area contributed by atoms with Gasteiger partial charge in [-0.1, -0.05) is 30.8 Å². The number of amides is 1. The van der Waals surface area contributed by atoms with Gasteiger partial charge in [-0.2, -0.15) is 0 Å². The molecule has 170 valence electrons. The number of nitrogens with one attached hydrogen (secondary N) is 2. The number of hydrogen-bond acceptors (Lipinski definition) is 6. The van der Waals surface area contributed by atoms with E-state index < -0.39 is 16.5 Å². The van der Waals surface area contributed by atoms with Gasteiger partial charge in [0.2, 0.25) is 5.91 Å². The minimum atomic E-state index is -0.924. The normalized spacial score (nSPS) is 18.9. The first-order valence-corrected chi connectivity index (χ1v) is 10.7. The van der Waals surface area contributed by atoms with Gasteiger partial charge in [-0.15, -0.1) is 0 Å². The first kappa shape index (κ1) is 26.5. The molecule has 1 aromatic rings. The zero-order chi connectivity index (χ0) is 23.4. The van der Waals surface area contributed by atoms with Crippen molar-refractivity contribution in [3.63, 3.8) is 0 Å². The second-order valence-electron chi connectivity index (χ2n) is 6.51. The summed E-state index contributed by atoms with van der Waals surface area (Å²) in [5.74, 6) is -0.757. The maximum atomic E-state index is 14.0. The number of allylic oxidation sites excluding steroid dienone is 2. The predicted octanol–water partition coefficient (Wildman–Crippen LogP) is 4.05. The number of carbonyl (C=O) groups excluding carboxylic acids is 2. The van der Waals surface area contributed by atoms with Crippen molar-refractivity contribution >= 4 is 29.0 Å². The summed E-state index contributed by atoms with van der Waals surface area (Å²) in [5, 5.41) is 11.1. The largest absolute Gasteiger partial charge is 0.497 e. The molecular formula is C22H29F2N3O3S. The zero-order valence-electron chi connectivity index (χ0n) is 18.0. The Kier molecular flexibility index (Phi) is 11.1. The molecule has 1 aliphatic carbocycles. The van der Waals surface area contributed by atoms with Crippen LogP contribution in [0.1, 0.15) is 45.1 Å². The van der Waals surface area contributed by atoms with Crippen LogP contribution >= 0.6 is 11.8 Å². The Hall–Kier alpha value is -2.52. The number of halogens is 2. The third-order valence-corrected chi connectivity index (χ3v) is 5.58. The van der Waals surface area contributed by atoms with E-state index in [0.29, 0.717) is 19.4 Å². The van der Waals surface area contributed by atoms with Crippen LogP contribution in [0.2, 0.25) is 0 Å². The lowest BCUT2D eigenvalue weighted by molar-refractivity contribution is -0.119. The highest BCUT2D eigenvalue weighted by Gasteiger charge is 2.42. The topological polar surface area (TPSA) is 105 Å². The van der Waals surface area contributed by atoms with Crippen molar-refractivity contribution in [3.05, 3.63) is 58.9 Å². The molecule has 4 N–H and O–H groups in total. The second-order valence-corrected chi connectivity index (χ2v) is 7.82. The van der Waals surface area contributed by atoms with Gasteiger partial charge in [0.1, 0.15) is 28.6 Å². The molecule has 0 bridgehead atoms. The Balaban J connectivity index is 0.000000720. The van der Waals surface area contributed by atoms with Crippen molar-refractivity contribution in [1.82, 2.24) is 5.32 Å². The summed E-state index contributed by atoms with van der Waals surface area (Å²) >= 11 is 1.01. The average molecular weight is 454 g/mol. The number of ether oxygens (including phenoxy) is 1. The van der Waals surface area contributed by atoms with Crippen LogP contribution in [0.15, 0.2) is 41.7 Å². The monoisotopic (exact) mass is 453 g/mol. The molecule has 3 rings (SSSR count). The Morgan fingerprint density at radius 1 is 1.39 bits per heavy atom. The lowest BCUT2D eigenvalue weighted by atomic mass is 9.93. The standard InChI is InChI=1S/C18H18F2N2O2S.C3H6O.CH5N/c1-11(23)22-18(8-9-24-16-5-3-2-4-14(16)18)25-17(21)13-10-12(19)6-7-15(13)20;1-2-3-4;1-2/h2,4,6-7,10,21H,3,5,8-9H2,1H3,(H,22,23);3H,2H2,1H3;2H2,1H3. The van der Waals surface area contributed by atoms with Gasteiger partial charge < -0.3 is 20.6 Å². The van der Waals surface area contributed by atoms with Crippen molar-refractivity contribution in [3.8, 4) is 0 Å². The summed E-state index contributed by atoms with van der Waals surface area (Å²) in [4.78, 5) is 20.1. The molecule has 1 atom stereocenters. The van der Waals surface area contributed by atoms with Crippen molar-refractivity contribution in [1.29, 1.82) is 5.41 Å². The molecule has 0 saturated heterocycles. The fourth-order valence-electron chi connectivity index (χ4n) is 3.05. The number of thioether (sulfide) groups is 1. The summed E-state index contributed by atoms with van der Waals surface area (Å²) in [6.07, 6.45) is 7.37. The highest BCUT2D eigenvalue weighted by atomic mass is 32.2. The SMILES string of the molecule is CC(=O)NC1(SC(=N)c2cc(F)ccc2F)CCOC2=C1C=CCC2.CCC=O.CN. The van der Waals surface area contributed by atoms with Crippen LogP contribution in [0.5, 0.6) is 0 Å². The maximum absolute atomic E-state index is 14.0. The van der Waals surface area contributed by atoms with Crippen molar-refractivity contribution < 1.29 is 23.1 Å². The third-order valence-electron chi connectivity index (χ3n) is 4.28. The quantitative estimate of drug-likeness (QED) is 0.276. The number of hydrogen-bond donors (Lipinski definition) is 3. The van der Waals surface area contributed by atoms with E-state index in [0.717, 1.165) is 60.4 Å². The Labute approximate surface area is 185 Å². The van der Waals surface area contributed by atoms with Crippen LogP contribution in [0.3, 0.4) is 0 Å². The highest BCUT2D eigenvalue weighted by Crippen LogP contribution is 2.44. The number of nitrogens with two attached hydrogens (primary N) is 1. The molecule has 0 aromatic heterocycles. The van der Waals surface area contributed by atoms with Gasteiger partial charge in [-0.05, 0) is 31.7 Å². The van der Waals surface area contributed by atoms with Gasteiger partial charge in [-0.25, -0.2) is 8.78 Å². The van der Waals surface area contributed by atoms with Gasteiger partial charge >= 0.3 is 0 Å². The highest BCUT2D eigenvalue weighted by molar-refractivity contribution is 8.15. The summed E-state index contributed by atoms with van der Waals surface area (Å²) in [7, 11) is 1.50. The van der Waals surface area contributed by atoms with Gasteiger partial charge in [0, 0.05) is 37.3 Å². The molecule has 1 unspecified atom stereocenters. The van der Waals surface area contributed by atoms with Gasteiger partial charge in [0.15, 0.2) is 0 Å². The van der Waals surface area contributed by atoms with Crippen LogP contribution in [-0.4, -0.2) is 35.8 Å². The van der Waals surface area contributed by atoms with Crippen molar-refractivity contribution in [2.45, 2.75) is 44.4 Å². The molecule has 2 aliphatic rings. The molecular weight excluding hydrogens is 424 g/mol. The summed E-state index contributed by atoms with van der Waals surface area (Å²) in [6.45, 7) is 3.60. The van der Waals surface area contributed by atoms with E-state index in [1.165, 1.54) is 14.0 Å². The minimum absolute atomic E-state index is 0.122. The zero-order valence-corrected chi connectivity index (χ0v) is 18.8. The van der Waals surface area contributed by atoms with Crippen molar-refractivity contribution in [2.75, 3.05) is 13.7 Å². The van der Waals surface area contributed by atoms with Crippen LogP contribution in [0, 0.1) is 17.0 Å². The van der Waals surface area contributed by atoms with E-state index in [-0.39, 0.29) is 16.5 Å². The average Bonchev–Trinajstić information content (AvgIpc) is 2.77. The lowest BCUT2D eigenvalue weighted by Gasteiger charge is -2.40. The first-order chi connectivity index (χ1) is 14.8. The molecule has 6 nitrogen and oxygen atoms in total. The molecule has 1 aliphatic heterocycles. The fourth-order valence-corrected chi connectivity index (χ4v) is 4.34. The van der Waals surface area contributed by atoms with Gasteiger partial charge in [0.05, 0.1) is 11.7 Å². The molecule has 1 amide bonds. The lowest BCUT2D eigenvalue weighted by Crippen LogP contribution is -2.50. The predicted molar refractivity (Wildman–Crippen MR) is 120 cm³/mol. The Bertz CT molecular complexity index is 858. The van der Waals surface area contributed by atoms with Crippen LogP contribution in [0.4, 0.5) is 8.78 Å². The summed E-state index contributed by atoms with van der Waals surface area (Å²) < 4.78 is 33.2. The van der Waals surface area contributed by atoms with Crippen LogP contribution in [0.25, 0.3) is 0 Å². The van der Waals surface area contributed by atoms with E-state index in [1.807, 2.05) is 19.1 Å². The van der Waals surface area contributed by atoms with E-state index in [4.69, 9.17) is 10.1 Å². The molecule has 1 heterocycles. The maximum Gasteiger partial charge on any atom is 0.218 e. The molecule has 0 spiro atoms. The molecule has 9 heteroatoms. The fraction of sp³-hybridized carbons (Fsp3) is 0.409. The minimum Gasteiger partial charge on any atom is -0.497 e. The van der Waals surface area contributed by atoms with Gasteiger partial charge in [-0.3, -0.25) is 10.2 Å². The summed E-state index contributed by atoms with van der Waals surface area (Å²) in [6, 6.07) is 3.01. The van der Waals surface area contributed by atoms with Crippen molar-refractivity contribution in [2.24, 2.45) is 5.73 Å². The molecule has 31 heavy (non-hydrogen) atoms. The Morgan fingerprint density at radius 3 is 2.68 bits per heavy atom. The van der Waals surface area contributed by atoms with E-state index in [1.54, 1.807) is 0 Å². The number of carbonyl (C=O) groups is 2. The third kappa shape index (κ3) is 7.29. The second kappa shape index (κ2) is 13.0. The number of benzene rings is 1. The number of aldehydes is 1. The number of rotatable bonds is 4. The Morgan fingerprint density at radius 2 is 2.06 bits per heavy atom. The van der Waals surface area contributed by atoms with Gasteiger partial charge in [0.25, 0.3) is 0 Å². The first-order valence-electron chi connectivity index (χ1n) is 9.89. The van der Waals surface area contributed by atoms with E-state index in [9.17, 15) is 18.4 Å².